The van der Waals surface area contributed by atoms with Crippen molar-refractivity contribution in [1.82, 2.24) is 5.43 Å². The van der Waals surface area contributed by atoms with E-state index in [4.69, 9.17) is 17.4 Å². The van der Waals surface area contributed by atoms with Crippen LogP contribution in [-0.4, -0.2) is 0 Å². The Morgan fingerprint density at radius 1 is 1.41 bits per heavy atom. The molecule has 2 nitrogen and oxygen atoms in total. The van der Waals surface area contributed by atoms with Gasteiger partial charge in [-0.1, -0.05) is 23.7 Å². The lowest BCUT2D eigenvalue weighted by Gasteiger charge is -2.14. The summed E-state index contributed by atoms with van der Waals surface area (Å²) in [7, 11) is 0. The zero-order valence-electron chi connectivity index (χ0n) is 8.99. The van der Waals surface area contributed by atoms with E-state index in [9.17, 15) is 0 Å². The first kappa shape index (κ1) is 13.1. The molecular weight excluding hydrogens is 320 g/mol. The van der Waals surface area contributed by atoms with E-state index in [2.05, 4.69) is 38.9 Å². The molecule has 0 radical (unpaired) electrons. The highest BCUT2D eigenvalue weighted by atomic mass is 79.9. The number of hydrogen-bond acceptors (Lipinski definition) is 3. The number of nitrogens with one attached hydrogen (secondary N) is 1. The quantitative estimate of drug-likeness (QED) is 0.658. The minimum absolute atomic E-state index is 0.116. The number of thiophene rings is 1. The normalized spacial score (nSPS) is 12.6. The zero-order chi connectivity index (χ0) is 12.3. The summed E-state index contributed by atoms with van der Waals surface area (Å²) < 4.78 is 1.09. The molecule has 0 aliphatic carbocycles. The van der Waals surface area contributed by atoms with E-state index in [0.717, 1.165) is 15.9 Å². The second-order valence-electron chi connectivity index (χ2n) is 3.72. The van der Waals surface area contributed by atoms with Gasteiger partial charge in [0.1, 0.15) is 0 Å². The van der Waals surface area contributed by atoms with Crippen molar-refractivity contribution in [2.24, 2.45) is 5.84 Å². The van der Waals surface area contributed by atoms with Crippen molar-refractivity contribution in [2.75, 3.05) is 0 Å². The maximum absolute atomic E-state index is 5.97. The third-order valence-electron chi connectivity index (χ3n) is 2.46. The smallest absolute Gasteiger partial charge is 0.0593 e. The van der Waals surface area contributed by atoms with E-state index in [-0.39, 0.29) is 6.04 Å². The topological polar surface area (TPSA) is 38.0 Å². The molecule has 0 spiro atoms. The maximum atomic E-state index is 5.97. The molecule has 1 heterocycles. The van der Waals surface area contributed by atoms with Gasteiger partial charge in [0.15, 0.2) is 0 Å². The lowest BCUT2D eigenvalue weighted by Crippen LogP contribution is -2.28. The average molecular weight is 332 g/mol. The minimum Gasteiger partial charge on any atom is -0.271 e. The van der Waals surface area contributed by atoms with Gasteiger partial charge >= 0.3 is 0 Å². The molecular formula is C12H12BrClN2S. The number of halogens is 2. The van der Waals surface area contributed by atoms with Gasteiger partial charge in [0, 0.05) is 19.8 Å². The van der Waals surface area contributed by atoms with Gasteiger partial charge in [-0.3, -0.25) is 11.3 Å². The van der Waals surface area contributed by atoms with Crippen LogP contribution in [0.2, 0.25) is 5.02 Å². The Kier molecular flexibility index (Phi) is 4.59. The van der Waals surface area contributed by atoms with Crippen LogP contribution in [0.1, 0.15) is 16.5 Å². The lowest BCUT2D eigenvalue weighted by molar-refractivity contribution is 0.560. The molecule has 0 bridgehead atoms. The molecule has 0 aliphatic heterocycles. The molecule has 0 aliphatic rings. The predicted molar refractivity (Wildman–Crippen MR) is 77.2 cm³/mol. The summed E-state index contributed by atoms with van der Waals surface area (Å²) >= 11 is 11.1. The molecule has 2 aromatic rings. The highest BCUT2D eigenvalue weighted by molar-refractivity contribution is 9.10. The molecule has 1 aromatic carbocycles. The number of benzene rings is 1. The van der Waals surface area contributed by atoms with Crippen molar-refractivity contribution in [1.29, 1.82) is 0 Å². The van der Waals surface area contributed by atoms with Crippen molar-refractivity contribution in [2.45, 2.75) is 12.5 Å². The first-order valence-electron chi connectivity index (χ1n) is 5.13. The summed E-state index contributed by atoms with van der Waals surface area (Å²) in [5.74, 6) is 5.61. The molecule has 90 valence electrons. The van der Waals surface area contributed by atoms with E-state index in [1.165, 1.54) is 10.4 Å². The zero-order valence-corrected chi connectivity index (χ0v) is 12.1. The molecule has 17 heavy (non-hydrogen) atoms. The SMILES string of the molecule is NNC(Cc1cccc(Cl)c1)c1cc(Br)cs1. The van der Waals surface area contributed by atoms with E-state index in [1.54, 1.807) is 11.3 Å². The number of hydrazine groups is 1. The Bertz CT molecular complexity index is 501. The Morgan fingerprint density at radius 3 is 2.82 bits per heavy atom. The minimum atomic E-state index is 0.116. The van der Waals surface area contributed by atoms with Crippen LogP contribution >= 0.6 is 38.9 Å². The fraction of sp³-hybridized carbons (Fsp3) is 0.167. The summed E-state index contributed by atoms with van der Waals surface area (Å²) in [6.07, 6.45) is 0.823. The molecule has 0 saturated carbocycles. The fourth-order valence-corrected chi connectivity index (χ4v) is 3.37. The first-order chi connectivity index (χ1) is 8.19. The van der Waals surface area contributed by atoms with E-state index >= 15 is 0 Å². The third-order valence-corrected chi connectivity index (χ3v) is 4.50. The summed E-state index contributed by atoms with van der Waals surface area (Å²) in [5, 5.41) is 2.81. The van der Waals surface area contributed by atoms with E-state index in [0.29, 0.717) is 0 Å². The van der Waals surface area contributed by atoms with Crippen LogP contribution in [0.15, 0.2) is 40.2 Å². The number of hydrogen-bond donors (Lipinski definition) is 2. The largest absolute Gasteiger partial charge is 0.271 e. The van der Waals surface area contributed by atoms with Crippen LogP contribution in [0.5, 0.6) is 0 Å². The van der Waals surface area contributed by atoms with Crippen LogP contribution in [-0.2, 0) is 6.42 Å². The monoisotopic (exact) mass is 330 g/mol. The summed E-state index contributed by atoms with van der Waals surface area (Å²) in [6.45, 7) is 0. The van der Waals surface area contributed by atoms with Gasteiger partial charge in [-0.15, -0.1) is 11.3 Å². The van der Waals surface area contributed by atoms with Gasteiger partial charge in [0.2, 0.25) is 0 Å². The Labute approximate surface area is 118 Å². The Morgan fingerprint density at radius 2 is 2.24 bits per heavy atom. The van der Waals surface area contributed by atoms with E-state index in [1.807, 2.05) is 18.2 Å². The number of nitrogens with two attached hydrogens (primary N) is 1. The summed E-state index contributed by atoms with van der Waals surface area (Å²) in [6, 6.07) is 10.0. The van der Waals surface area contributed by atoms with Crippen molar-refractivity contribution in [3.8, 4) is 0 Å². The lowest BCUT2D eigenvalue weighted by atomic mass is 10.1. The van der Waals surface area contributed by atoms with Gasteiger partial charge in [-0.25, -0.2) is 0 Å². The van der Waals surface area contributed by atoms with E-state index < -0.39 is 0 Å². The molecule has 0 amide bonds. The molecule has 1 unspecified atom stereocenters. The van der Waals surface area contributed by atoms with Crippen LogP contribution in [0.4, 0.5) is 0 Å². The Hall–Kier alpha value is -0.390. The molecule has 3 N–H and O–H groups in total. The average Bonchev–Trinajstić information content (AvgIpc) is 2.73. The molecule has 1 atom stereocenters. The van der Waals surface area contributed by atoms with Crippen molar-refractivity contribution in [3.05, 3.63) is 55.6 Å². The second kappa shape index (κ2) is 5.98. The summed E-state index contributed by atoms with van der Waals surface area (Å²) in [4.78, 5) is 1.21. The Balaban J connectivity index is 2.15. The molecule has 1 aromatic heterocycles. The van der Waals surface area contributed by atoms with Crippen LogP contribution in [0.25, 0.3) is 0 Å². The van der Waals surface area contributed by atoms with Crippen molar-refractivity contribution < 1.29 is 0 Å². The van der Waals surface area contributed by atoms with Gasteiger partial charge in [-0.05, 0) is 46.1 Å². The van der Waals surface area contributed by atoms with Crippen LogP contribution < -0.4 is 11.3 Å². The molecule has 5 heteroatoms. The maximum Gasteiger partial charge on any atom is 0.0593 e. The fourth-order valence-electron chi connectivity index (χ4n) is 1.65. The third kappa shape index (κ3) is 3.53. The standard InChI is InChI=1S/C12H12BrClN2S/c13-9-6-12(17-7-9)11(16-15)5-8-2-1-3-10(14)4-8/h1-4,6-7,11,16H,5,15H2. The molecule has 2 rings (SSSR count). The number of rotatable bonds is 4. The first-order valence-corrected chi connectivity index (χ1v) is 7.18. The van der Waals surface area contributed by atoms with Crippen molar-refractivity contribution >= 4 is 38.9 Å². The van der Waals surface area contributed by atoms with Crippen LogP contribution in [0.3, 0.4) is 0 Å². The molecule has 0 fully saturated rings. The van der Waals surface area contributed by atoms with Crippen molar-refractivity contribution in [3.63, 3.8) is 0 Å². The predicted octanol–water partition coefficient (Wildman–Crippen LogP) is 3.91. The van der Waals surface area contributed by atoms with Gasteiger partial charge in [-0.2, -0.15) is 0 Å². The highest BCUT2D eigenvalue weighted by Gasteiger charge is 2.12. The van der Waals surface area contributed by atoms with Gasteiger partial charge in [0.05, 0.1) is 6.04 Å². The van der Waals surface area contributed by atoms with Crippen LogP contribution in [0, 0.1) is 0 Å². The summed E-state index contributed by atoms with van der Waals surface area (Å²) in [5.41, 5.74) is 4.02. The van der Waals surface area contributed by atoms with Gasteiger partial charge in [0.25, 0.3) is 0 Å². The van der Waals surface area contributed by atoms with Gasteiger partial charge < -0.3 is 0 Å². The second-order valence-corrected chi connectivity index (χ2v) is 6.02. The highest BCUT2D eigenvalue weighted by Crippen LogP contribution is 2.27. The molecule has 0 saturated heterocycles.